The Kier molecular flexibility index (Phi) is 6.62. The van der Waals surface area contributed by atoms with Gasteiger partial charge in [0.15, 0.2) is 5.82 Å². The van der Waals surface area contributed by atoms with E-state index in [0.29, 0.717) is 41.2 Å². The lowest BCUT2D eigenvalue weighted by Gasteiger charge is -2.35. The Morgan fingerprint density at radius 2 is 1.79 bits per heavy atom. The van der Waals surface area contributed by atoms with Crippen LogP contribution in [0.1, 0.15) is 32.8 Å². The molecular formula is C29H30F3N7O3. The number of pyridine rings is 2. The third-order valence-electron chi connectivity index (χ3n) is 7.36. The van der Waals surface area contributed by atoms with Crippen LogP contribution >= 0.6 is 0 Å². The van der Waals surface area contributed by atoms with Crippen molar-refractivity contribution in [2.75, 3.05) is 30.4 Å². The highest BCUT2D eigenvalue weighted by atomic mass is 19.4. The van der Waals surface area contributed by atoms with Gasteiger partial charge in [-0.15, -0.1) is 5.10 Å². The van der Waals surface area contributed by atoms with E-state index in [2.05, 4.69) is 20.2 Å². The van der Waals surface area contributed by atoms with Crippen molar-refractivity contribution in [3.05, 3.63) is 60.4 Å². The van der Waals surface area contributed by atoms with Crippen molar-refractivity contribution < 1.29 is 27.4 Å². The van der Waals surface area contributed by atoms with Crippen LogP contribution in [0.25, 0.3) is 16.6 Å². The number of carbonyl (C=O) groups excluding carboxylic acids is 1. The number of hydrogen-bond acceptors (Lipinski definition) is 8. The van der Waals surface area contributed by atoms with Crippen molar-refractivity contribution in [3.8, 4) is 11.4 Å². The average Bonchev–Trinajstić information content (AvgIpc) is 3.65. The summed E-state index contributed by atoms with van der Waals surface area (Å²) in [4.78, 5) is 25.3. The number of likely N-dealkylation sites (tertiary alicyclic amines) is 1. The average molecular weight is 582 g/mol. The number of benzene rings is 1. The topological polar surface area (TPSA) is 97.6 Å². The molecule has 2 aliphatic heterocycles. The molecule has 10 nitrogen and oxygen atoms in total. The number of methoxy groups -OCH3 is 1. The lowest BCUT2D eigenvalue weighted by atomic mass is 10.2. The van der Waals surface area contributed by atoms with Crippen molar-refractivity contribution in [3.63, 3.8) is 0 Å². The molecule has 0 saturated carbocycles. The van der Waals surface area contributed by atoms with Crippen LogP contribution in [0.15, 0.2) is 54.9 Å². The molecule has 2 atom stereocenters. The second kappa shape index (κ2) is 10.1. The Morgan fingerprint density at radius 1 is 1.00 bits per heavy atom. The van der Waals surface area contributed by atoms with Gasteiger partial charge in [0, 0.05) is 43.0 Å². The zero-order valence-corrected chi connectivity index (χ0v) is 23.5. The lowest BCUT2D eigenvalue weighted by Crippen LogP contribution is -2.50. The number of fused-ring (bicyclic) bond motifs is 3. The molecule has 42 heavy (non-hydrogen) atoms. The third-order valence-corrected chi connectivity index (χ3v) is 7.36. The molecule has 1 aromatic carbocycles. The fraction of sp³-hybridized carbons (Fsp3) is 0.379. The summed E-state index contributed by atoms with van der Waals surface area (Å²) in [6.45, 7) is 6.74. The van der Waals surface area contributed by atoms with E-state index in [1.807, 2.05) is 39.0 Å². The van der Waals surface area contributed by atoms with Gasteiger partial charge in [0.1, 0.15) is 23.0 Å². The number of hydrogen-bond donors (Lipinski definition) is 1. The Morgan fingerprint density at radius 3 is 2.48 bits per heavy atom. The minimum atomic E-state index is -4.50. The molecule has 0 radical (unpaired) electrons. The van der Waals surface area contributed by atoms with Gasteiger partial charge < -0.3 is 24.6 Å². The van der Waals surface area contributed by atoms with E-state index in [0.717, 1.165) is 30.6 Å². The minimum Gasteiger partial charge on any atom is -0.497 e. The molecule has 0 aliphatic carbocycles. The van der Waals surface area contributed by atoms with Crippen molar-refractivity contribution >= 4 is 34.4 Å². The van der Waals surface area contributed by atoms with E-state index in [-0.39, 0.29) is 24.0 Å². The second-order valence-corrected chi connectivity index (χ2v) is 11.4. The van der Waals surface area contributed by atoms with E-state index in [4.69, 9.17) is 14.6 Å². The van der Waals surface area contributed by atoms with Crippen LogP contribution in [0, 0.1) is 0 Å². The van der Waals surface area contributed by atoms with E-state index in [1.165, 1.54) is 0 Å². The highest BCUT2D eigenvalue weighted by molar-refractivity contribution is 5.93. The number of carbonyl (C=O) groups is 1. The van der Waals surface area contributed by atoms with E-state index in [1.54, 1.807) is 35.0 Å². The van der Waals surface area contributed by atoms with Crippen molar-refractivity contribution in [2.45, 2.75) is 51.1 Å². The molecule has 2 bridgehead atoms. The minimum absolute atomic E-state index is 0.0187. The Hall–Kier alpha value is -4.55. The van der Waals surface area contributed by atoms with Gasteiger partial charge in [0.25, 0.3) is 0 Å². The van der Waals surface area contributed by atoms with Crippen LogP contribution in [0.3, 0.4) is 0 Å². The Labute approximate surface area is 240 Å². The van der Waals surface area contributed by atoms with Crippen molar-refractivity contribution in [1.29, 1.82) is 0 Å². The number of halogens is 3. The molecule has 0 unspecified atom stereocenters. The van der Waals surface area contributed by atoms with Crippen molar-refractivity contribution in [2.24, 2.45) is 0 Å². The Bertz CT molecular complexity index is 1650. The van der Waals surface area contributed by atoms with E-state index >= 15 is 0 Å². The summed E-state index contributed by atoms with van der Waals surface area (Å²) in [6, 6.07) is 11.1. The number of rotatable bonds is 5. The van der Waals surface area contributed by atoms with Crippen molar-refractivity contribution in [1.82, 2.24) is 24.6 Å². The van der Waals surface area contributed by atoms with Gasteiger partial charge in [-0.05, 0) is 57.5 Å². The zero-order valence-electron chi connectivity index (χ0n) is 23.5. The summed E-state index contributed by atoms with van der Waals surface area (Å²) in [7, 11) is 1.56. The molecule has 2 fully saturated rings. The van der Waals surface area contributed by atoms with Gasteiger partial charge in [-0.1, -0.05) is 0 Å². The molecule has 1 amide bonds. The molecule has 5 heterocycles. The van der Waals surface area contributed by atoms with Crippen LogP contribution in [0.5, 0.6) is 5.75 Å². The molecule has 3 aromatic heterocycles. The number of piperazine rings is 1. The van der Waals surface area contributed by atoms with Crippen LogP contribution in [0.2, 0.25) is 0 Å². The number of nitrogens with zero attached hydrogens (tertiary/aromatic N) is 6. The van der Waals surface area contributed by atoms with Crippen LogP contribution in [-0.2, 0) is 10.9 Å². The maximum absolute atomic E-state index is 13.3. The number of alkyl halides is 3. The summed E-state index contributed by atoms with van der Waals surface area (Å²) in [5.74, 6) is 1.70. The first-order chi connectivity index (χ1) is 19.9. The maximum Gasteiger partial charge on any atom is 0.416 e. The molecule has 4 aromatic rings. The van der Waals surface area contributed by atoms with E-state index < -0.39 is 17.3 Å². The van der Waals surface area contributed by atoms with Gasteiger partial charge in [-0.2, -0.15) is 13.2 Å². The summed E-state index contributed by atoms with van der Waals surface area (Å²) < 4.78 is 52.6. The molecule has 2 aliphatic rings. The first kappa shape index (κ1) is 27.6. The molecule has 1 N–H and O–H groups in total. The molecule has 0 spiro atoms. The fourth-order valence-electron chi connectivity index (χ4n) is 5.50. The molecule has 2 saturated heterocycles. The summed E-state index contributed by atoms with van der Waals surface area (Å²) in [6.07, 6.45) is -1.18. The summed E-state index contributed by atoms with van der Waals surface area (Å²) in [5, 5.41) is 8.34. The van der Waals surface area contributed by atoms with Crippen LogP contribution < -0.4 is 15.0 Å². The molecule has 13 heteroatoms. The number of aromatic nitrogens is 4. The maximum atomic E-state index is 13.3. The smallest absolute Gasteiger partial charge is 0.416 e. The third kappa shape index (κ3) is 5.26. The number of amides is 1. The van der Waals surface area contributed by atoms with Gasteiger partial charge in [-0.3, -0.25) is 0 Å². The first-order valence-corrected chi connectivity index (χ1v) is 13.5. The predicted octanol–water partition coefficient (Wildman–Crippen LogP) is 5.78. The monoisotopic (exact) mass is 581 g/mol. The zero-order chi connectivity index (χ0) is 29.8. The SMILES string of the molecule is COc1ccc2c(Nc3cc(C(F)(F)F)ccn3)nn(-c3ccnc(N4C[C@@H]5C[C@H]4CN5C(=O)OC(C)(C)C)c3)c2c1. The molecule has 6 rings (SSSR count). The lowest BCUT2D eigenvalue weighted by molar-refractivity contribution is -0.137. The highest BCUT2D eigenvalue weighted by Gasteiger charge is 2.47. The largest absolute Gasteiger partial charge is 0.497 e. The van der Waals surface area contributed by atoms with Crippen LogP contribution in [0.4, 0.5) is 35.4 Å². The number of anilines is 3. The summed E-state index contributed by atoms with van der Waals surface area (Å²) >= 11 is 0. The predicted molar refractivity (Wildman–Crippen MR) is 150 cm³/mol. The summed E-state index contributed by atoms with van der Waals surface area (Å²) in [5.41, 5.74) is 0.0126. The number of nitrogens with one attached hydrogen (secondary N) is 1. The standard InChI is InChI=1S/C29H30F3N7O3/c1-28(2,3)42-27(40)38-16-19-12-20(38)15-37(19)25-13-18(8-10-34-25)39-23-14-21(41-4)5-6-22(23)26(36-39)35-24-11-17(7-9-33-24)29(30,31)32/h5-11,13-14,19-20H,12,15-16H2,1-4H3,(H,33,35,36)/t19-,20-/m0/s1. The van der Waals surface area contributed by atoms with Crippen LogP contribution in [-0.4, -0.2) is 68.6 Å². The fourth-order valence-corrected chi connectivity index (χ4v) is 5.50. The van der Waals surface area contributed by atoms with Gasteiger partial charge in [0.2, 0.25) is 0 Å². The molecule has 220 valence electrons. The quantitative estimate of drug-likeness (QED) is 0.317. The van der Waals surface area contributed by atoms with Gasteiger partial charge in [0.05, 0.1) is 36.0 Å². The molecular weight excluding hydrogens is 551 g/mol. The number of ether oxygens (including phenoxy) is 2. The Balaban J connectivity index is 1.30. The van der Waals surface area contributed by atoms with Gasteiger partial charge in [-0.25, -0.2) is 19.4 Å². The van der Waals surface area contributed by atoms with E-state index in [9.17, 15) is 18.0 Å². The van der Waals surface area contributed by atoms with Gasteiger partial charge >= 0.3 is 12.3 Å². The second-order valence-electron chi connectivity index (χ2n) is 11.4. The first-order valence-electron chi connectivity index (χ1n) is 13.5. The highest BCUT2D eigenvalue weighted by Crippen LogP contribution is 2.37. The normalized spacial score (nSPS) is 18.5.